The van der Waals surface area contributed by atoms with Gasteiger partial charge in [-0.2, -0.15) is 0 Å². The zero-order chi connectivity index (χ0) is 33.5. The molecule has 0 N–H and O–H groups in total. The summed E-state index contributed by atoms with van der Waals surface area (Å²) in [5.41, 5.74) is 11.8. The van der Waals surface area contributed by atoms with Gasteiger partial charge in [-0.05, 0) is 62.7 Å². The number of rotatable bonds is 8. The predicted molar refractivity (Wildman–Crippen MR) is 204 cm³/mol. The Morgan fingerprint density at radius 2 is 0.640 bits per heavy atom. The van der Waals surface area contributed by atoms with Crippen LogP contribution in [0.25, 0.3) is 56.4 Å². The Bertz CT molecular complexity index is 2330. The number of pyridine rings is 1. The lowest BCUT2D eigenvalue weighted by Crippen LogP contribution is -2.01. The number of aromatic nitrogens is 4. The van der Waals surface area contributed by atoms with E-state index in [1.54, 1.807) is 0 Å². The summed E-state index contributed by atoms with van der Waals surface area (Å²) in [5.74, 6) is 1.86. The van der Waals surface area contributed by atoms with Gasteiger partial charge in [0.05, 0.1) is 0 Å². The minimum atomic E-state index is 0.613. The molecule has 2 aromatic heterocycles. The van der Waals surface area contributed by atoms with Crippen molar-refractivity contribution < 1.29 is 0 Å². The lowest BCUT2D eigenvalue weighted by atomic mass is 9.85. The maximum atomic E-state index is 5.09. The average Bonchev–Trinajstić information content (AvgIpc) is 3.21. The number of benzene rings is 6. The molecule has 0 fully saturated rings. The van der Waals surface area contributed by atoms with Crippen LogP contribution in [0.2, 0.25) is 0 Å². The molecule has 6 aromatic carbocycles. The molecule has 4 nitrogen and oxygen atoms in total. The first-order chi connectivity index (χ1) is 24.8. The fourth-order valence-electron chi connectivity index (χ4n) is 6.25. The van der Waals surface area contributed by atoms with Crippen LogP contribution in [0.5, 0.6) is 0 Å². The second-order valence-corrected chi connectivity index (χ2v) is 11.9. The van der Waals surface area contributed by atoms with Crippen LogP contribution >= 0.6 is 0 Å². The maximum Gasteiger partial charge on any atom is 0.164 e. The highest BCUT2D eigenvalue weighted by atomic mass is 15.0. The first kappa shape index (κ1) is 30.5. The molecule has 0 saturated heterocycles. The van der Waals surface area contributed by atoms with E-state index in [0.29, 0.717) is 17.5 Å². The zero-order valence-corrected chi connectivity index (χ0v) is 27.3. The van der Waals surface area contributed by atoms with E-state index < -0.39 is 0 Å². The van der Waals surface area contributed by atoms with Crippen LogP contribution in [0.3, 0.4) is 0 Å². The van der Waals surface area contributed by atoms with Crippen molar-refractivity contribution in [3.8, 4) is 45.3 Å². The largest absolute Gasteiger partial charge is 0.265 e. The Morgan fingerprint density at radius 1 is 0.280 bits per heavy atom. The van der Waals surface area contributed by atoms with E-state index in [-0.39, 0.29) is 0 Å². The van der Waals surface area contributed by atoms with Crippen LogP contribution in [0.4, 0.5) is 0 Å². The SMILES string of the molecule is c1ccc(C(=C(c2ccccc2)c2cccc(-c3nc(-c4ccccc4)nc(-c4ccc(-c5ccncc5)cc4)n3)c2)c2ccccc2)cc1. The van der Waals surface area contributed by atoms with E-state index in [2.05, 4.69) is 145 Å². The van der Waals surface area contributed by atoms with Crippen molar-refractivity contribution in [1.29, 1.82) is 0 Å². The summed E-state index contributed by atoms with van der Waals surface area (Å²) < 4.78 is 0. The molecule has 0 aliphatic carbocycles. The highest BCUT2D eigenvalue weighted by Gasteiger charge is 2.18. The minimum absolute atomic E-state index is 0.613. The number of hydrogen-bond acceptors (Lipinski definition) is 4. The fourth-order valence-corrected chi connectivity index (χ4v) is 6.25. The molecular weight excluding hydrogens is 609 g/mol. The van der Waals surface area contributed by atoms with E-state index >= 15 is 0 Å². The molecule has 0 atom stereocenters. The summed E-state index contributed by atoms with van der Waals surface area (Å²) in [5, 5.41) is 0. The molecular formula is C46H32N4. The van der Waals surface area contributed by atoms with Gasteiger partial charge in [-0.15, -0.1) is 0 Å². The molecule has 4 heteroatoms. The average molecular weight is 641 g/mol. The van der Waals surface area contributed by atoms with Gasteiger partial charge in [0.1, 0.15) is 0 Å². The van der Waals surface area contributed by atoms with Crippen LogP contribution in [0.1, 0.15) is 22.3 Å². The minimum Gasteiger partial charge on any atom is -0.265 e. The van der Waals surface area contributed by atoms with Crippen LogP contribution in [-0.4, -0.2) is 19.9 Å². The van der Waals surface area contributed by atoms with Crippen molar-refractivity contribution in [3.63, 3.8) is 0 Å². The van der Waals surface area contributed by atoms with Gasteiger partial charge in [0, 0.05) is 29.1 Å². The monoisotopic (exact) mass is 640 g/mol. The smallest absolute Gasteiger partial charge is 0.164 e. The summed E-state index contributed by atoms with van der Waals surface area (Å²) in [6, 6.07) is 62.8. The predicted octanol–water partition coefficient (Wildman–Crippen LogP) is 10.9. The normalized spacial score (nSPS) is 10.8. The van der Waals surface area contributed by atoms with E-state index in [1.165, 1.54) is 0 Å². The van der Waals surface area contributed by atoms with Gasteiger partial charge in [0.2, 0.25) is 0 Å². The van der Waals surface area contributed by atoms with Crippen molar-refractivity contribution >= 4 is 11.1 Å². The molecule has 0 radical (unpaired) electrons. The molecule has 0 spiro atoms. The highest BCUT2D eigenvalue weighted by Crippen LogP contribution is 2.38. The molecule has 0 aliphatic rings. The molecule has 0 aliphatic heterocycles. The Balaban J connectivity index is 1.31. The van der Waals surface area contributed by atoms with Crippen molar-refractivity contribution in [2.75, 3.05) is 0 Å². The lowest BCUT2D eigenvalue weighted by Gasteiger charge is -2.18. The lowest BCUT2D eigenvalue weighted by molar-refractivity contribution is 1.07. The Labute approximate surface area is 292 Å². The zero-order valence-electron chi connectivity index (χ0n) is 27.3. The molecule has 50 heavy (non-hydrogen) atoms. The van der Waals surface area contributed by atoms with Gasteiger partial charge in [0.25, 0.3) is 0 Å². The second kappa shape index (κ2) is 14.1. The molecule has 0 amide bonds. The highest BCUT2D eigenvalue weighted by molar-refractivity contribution is 6.04. The maximum absolute atomic E-state index is 5.09. The molecule has 236 valence electrons. The van der Waals surface area contributed by atoms with Gasteiger partial charge in [-0.3, -0.25) is 4.98 Å². The summed E-state index contributed by atoms with van der Waals surface area (Å²) in [4.78, 5) is 19.3. The van der Waals surface area contributed by atoms with Crippen molar-refractivity contribution in [3.05, 3.63) is 217 Å². The quantitative estimate of drug-likeness (QED) is 0.155. The first-order valence-electron chi connectivity index (χ1n) is 16.6. The summed E-state index contributed by atoms with van der Waals surface area (Å²) >= 11 is 0. The van der Waals surface area contributed by atoms with Gasteiger partial charge in [0.15, 0.2) is 17.5 Å². The van der Waals surface area contributed by atoms with Crippen molar-refractivity contribution in [2.24, 2.45) is 0 Å². The molecule has 0 bridgehead atoms. The van der Waals surface area contributed by atoms with Crippen LogP contribution < -0.4 is 0 Å². The van der Waals surface area contributed by atoms with Crippen LogP contribution in [0, 0.1) is 0 Å². The van der Waals surface area contributed by atoms with Crippen LogP contribution in [0.15, 0.2) is 194 Å². The summed E-state index contributed by atoms with van der Waals surface area (Å²) in [6.45, 7) is 0. The molecule has 0 saturated carbocycles. The van der Waals surface area contributed by atoms with E-state index in [1.807, 2.05) is 54.9 Å². The van der Waals surface area contributed by atoms with Crippen molar-refractivity contribution in [2.45, 2.75) is 0 Å². The van der Waals surface area contributed by atoms with Gasteiger partial charge in [-0.25, -0.2) is 15.0 Å². The third kappa shape index (κ3) is 6.51. The third-order valence-electron chi connectivity index (χ3n) is 8.67. The van der Waals surface area contributed by atoms with E-state index in [4.69, 9.17) is 15.0 Å². The Hall–Kier alpha value is -6.78. The third-order valence-corrected chi connectivity index (χ3v) is 8.67. The number of hydrogen-bond donors (Lipinski definition) is 0. The standard InChI is InChI=1S/C46H32N4/c1-5-14-35(15-6-1)42(36-16-7-2-8-17-36)43(37-18-9-3-10-19-37)40-22-13-23-41(32-40)46-49-44(38-20-11-4-12-21-38)48-45(50-46)39-26-24-33(25-27-39)34-28-30-47-31-29-34/h1-32H. The summed E-state index contributed by atoms with van der Waals surface area (Å²) in [7, 11) is 0. The van der Waals surface area contributed by atoms with Gasteiger partial charge < -0.3 is 0 Å². The molecule has 8 rings (SSSR count). The fraction of sp³-hybridized carbons (Fsp3) is 0. The van der Waals surface area contributed by atoms with Gasteiger partial charge >= 0.3 is 0 Å². The molecule has 8 aromatic rings. The van der Waals surface area contributed by atoms with Gasteiger partial charge in [-0.1, -0.05) is 164 Å². The Kier molecular flexibility index (Phi) is 8.64. The van der Waals surface area contributed by atoms with Crippen LogP contribution in [-0.2, 0) is 0 Å². The van der Waals surface area contributed by atoms with E-state index in [9.17, 15) is 0 Å². The first-order valence-corrected chi connectivity index (χ1v) is 16.6. The molecule has 0 unspecified atom stereocenters. The number of nitrogens with zero attached hydrogens (tertiary/aromatic N) is 4. The van der Waals surface area contributed by atoms with Crippen molar-refractivity contribution in [1.82, 2.24) is 19.9 Å². The second-order valence-electron chi connectivity index (χ2n) is 11.9. The van der Waals surface area contributed by atoms with E-state index in [0.717, 1.165) is 61.2 Å². The summed E-state index contributed by atoms with van der Waals surface area (Å²) in [6.07, 6.45) is 3.62. The Morgan fingerprint density at radius 3 is 1.16 bits per heavy atom. The molecule has 2 heterocycles. The topological polar surface area (TPSA) is 51.6 Å².